The molecule has 0 spiro atoms. The molecule has 0 radical (unpaired) electrons. The highest BCUT2D eigenvalue weighted by molar-refractivity contribution is 5.83. The van der Waals surface area contributed by atoms with Gasteiger partial charge >= 0.3 is 0 Å². The summed E-state index contributed by atoms with van der Waals surface area (Å²) in [5, 5.41) is 0. The van der Waals surface area contributed by atoms with Gasteiger partial charge in [0.1, 0.15) is 5.78 Å². The fourth-order valence-electron chi connectivity index (χ4n) is 9.25. The topological polar surface area (TPSA) is 17.1 Å². The van der Waals surface area contributed by atoms with Crippen LogP contribution in [0.15, 0.2) is 0 Å². The molecule has 0 saturated heterocycles. The molecule has 29 heavy (non-hydrogen) atoms. The number of hydrogen-bond donors (Lipinski definition) is 0. The summed E-state index contributed by atoms with van der Waals surface area (Å²) in [4.78, 5) is 13.3. The predicted octanol–water partition coefficient (Wildman–Crippen LogP) is 7.92. The van der Waals surface area contributed by atoms with Gasteiger partial charge in [0.15, 0.2) is 0 Å². The molecule has 0 N–H and O–H groups in total. The molecule has 1 nitrogen and oxygen atoms in total. The first kappa shape index (κ1) is 21.9. The van der Waals surface area contributed by atoms with Gasteiger partial charge in [-0.1, -0.05) is 67.2 Å². The largest absolute Gasteiger partial charge is 0.299 e. The number of rotatable bonds is 5. The summed E-state index contributed by atoms with van der Waals surface area (Å²) in [5.41, 5.74) is 0.818. The standard InChI is InChI=1S/C28H48O/c1-18(2)8-7-9-20(4)22-10-11-23-21-17-26(29)25-16-19(3)12-14-28(25,6)24(21)13-15-27(22,23)5/h18-25H,7-17H2,1-6H3. The Labute approximate surface area is 181 Å². The second-order valence-electron chi connectivity index (χ2n) is 13.0. The van der Waals surface area contributed by atoms with Gasteiger partial charge in [0.2, 0.25) is 0 Å². The third-order valence-corrected chi connectivity index (χ3v) is 10.9. The van der Waals surface area contributed by atoms with Crippen molar-refractivity contribution in [3.63, 3.8) is 0 Å². The van der Waals surface area contributed by atoms with Crippen LogP contribution in [0.1, 0.15) is 112 Å². The Morgan fingerprint density at radius 3 is 2.34 bits per heavy atom. The molecule has 9 atom stereocenters. The molecule has 0 bridgehead atoms. The monoisotopic (exact) mass is 400 g/mol. The maximum absolute atomic E-state index is 13.3. The van der Waals surface area contributed by atoms with Crippen LogP contribution in [0.4, 0.5) is 0 Å². The van der Waals surface area contributed by atoms with Crippen molar-refractivity contribution >= 4 is 5.78 Å². The number of ketones is 1. The van der Waals surface area contributed by atoms with Crippen LogP contribution >= 0.6 is 0 Å². The van der Waals surface area contributed by atoms with Crippen molar-refractivity contribution in [2.45, 2.75) is 112 Å². The van der Waals surface area contributed by atoms with E-state index in [-0.39, 0.29) is 0 Å². The van der Waals surface area contributed by atoms with Crippen molar-refractivity contribution in [1.29, 1.82) is 0 Å². The highest BCUT2D eigenvalue weighted by Crippen LogP contribution is 2.68. The first-order chi connectivity index (χ1) is 13.7. The van der Waals surface area contributed by atoms with E-state index in [2.05, 4.69) is 41.5 Å². The zero-order valence-corrected chi connectivity index (χ0v) is 20.3. The van der Waals surface area contributed by atoms with Gasteiger partial charge < -0.3 is 0 Å². The van der Waals surface area contributed by atoms with E-state index in [0.717, 1.165) is 41.9 Å². The molecule has 4 saturated carbocycles. The van der Waals surface area contributed by atoms with Gasteiger partial charge in [0, 0.05) is 12.3 Å². The quantitative estimate of drug-likeness (QED) is 0.458. The molecule has 0 amide bonds. The zero-order chi connectivity index (χ0) is 21.0. The second-order valence-corrected chi connectivity index (χ2v) is 13.0. The third kappa shape index (κ3) is 3.65. The molecule has 9 unspecified atom stereocenters. The zero-order valence-electron chi connectivity index (χ0n) is 20.3. The maximum atomic E-state index is 13.3. The van der Waals surface area contributed by atoms with Crippen molar-refractivity contribution < 1.29 is 4.79 Å². The Morgan fingerprint density at radius 1 is 0.931 bits per heavy atom. The second kappa shape index (κ2) is 7.98. The van der Waals surface area contributed by atoms with E-state index in [9.17, 15) is 4.79 Å². The summed E-state index contributed by atoms with van der Waals surface area (Å²) in [6, 6.07) is 0. The van der Waals surface area contributed by atoms with E-state index in [4.69, 9.17) is 0 Å². The lowest BCUT2D eigenvalue weighted by Gasteiger charge is -2.60. The van der Waals surface area contributed by atoms with E-state index >= 15 is 0 Å². The molecule has 1 heteroatoms. The number of carbonyl (C=O) groups is 1. The van der Waals surface area contributed by atoms with Gasteiger partial charge in [-0.3, -0.25) is 4.79 Å². The SMILES string of the molecule is CC(C)CCCC(C)C1CCC2C3CC(=O)C4CC(C)CCC4(C)C3CCC12C. The Morgan fingerprint density at radius 2 is 1.62 bits per heavy atom. The van der Waals surface area contributed by atoms with Crippen LogP contribution in [0, 0.1) is 58.2 Å². The molecule has 0 aromatic heterocycles. The number of Topliss-reactive ketones (excluding diaryl/α,β-unsaturated/α-hetero) is 1. The lowest BCUT2D eigenvalue weighted by molar-refractivity contribution is -0.156. The van der Waals surface area contributed by atoms with Crippen molar-refractivity contribution in [1.82, 2.24) is 0 Å². The number of hydrogen-bond acceptors (Lipinski definition) is 1. The highest BCUT2D eigenvalue weighted by atomic mass is 16.1. The molecule has 4 aliphatic carbocycles. The lowest BCUT2D eigenvalue weighted by atomic mass is 9.43. The summed E-state index contributed by atoms with van der Waals surface area (Å²) in [5.74, 6) is 6.72. The van der Waals surface area contributed by atoms with Gasteiger partial charge in [-0.2, -0.15) is 0 Å². The van der Waals surface area contributed by atoms with E-state index in [0.29, 0.717) is 28.4 Å². The molecule has 4 rings (SSSR count). The Hall–Kier alpha value is -0.330. The first-order valence-corrected chi connectivity index (χ1v) is 13.2. The van der Waals surface area contributed by atoms with Crippen LogP contribution in [0.2, 0.25) is 0 Å². The molecular formula is C28H48O. The van der Waals surface area contributed by atoms with Crippen LogP contribution in [-0.4, -0.2) is 5.78 Å². The summed E-state index contributed by atoms with van der Waals surface area (Å²) in [6.07, 6.45) is 14.6. The van der Waals surface area contributed by atoms with E-state index < -0.39 is 0 Å². The van der Waals surface area contributed by atoms with Gasteiger partial charge in [0.05, 0.1) is 0 Å². The van der Waals surface area contributed by atoms with Gasteiger partial charge in [0.25, 0.3) is 0 Å². The molecule has 4 aliphatic rings. The third-order valence-electron chi connectivity index (χ3n) is 10.9. The van der Waals surface area contributed by atoms with E-state index in [1.165, 1.54) is 64.2 Å². The minimum atomic E-state index is 0.314. The fourth-order valence-corrected chi connectivity index (χ4v) is 9.25. The smallest absolute Gasteiger partial charge is 0.136 e. The van der Waals surface area contributed by atoms with Crippen LogP contribution in [0.25, 0.3) is 0 Å². The van der Waals surface area contributed by atoms with Crippen LogP contribution in [-0.2, 0) is 4.79 Å². The van der Waals surface area contributed by atoms with Crippen LogP contribution in [0.3, 0.4) is 0 Å². The molecular weight excluding hydrogens is 352 g/mol. The summed E-state index contributed by atoms with van der Waals surface area (Å²) in [6.45, 7) is 14.8. The number of fused-ring (bicyclic) bond motifs is 5. The average Bonchev–Trinajstić information content (AvgIpc) is 3.00. The Bertz CT molecular complexity index is 607. The molecule has 0 aliphatic heterocycles. The predicted molar refractivity (Wildman–Crippen MR) is 123 cm³/mol. The molecule has 0 aromatic rings. The van der Waals surface area contributed by atoms with Gasteiger partial charge in [-0.15, -0.1) is 0 Å². The van der Waals surface area contributed by atoms with Gasteiger partial charge in [-0.05, 0) is 90.8 Å². The summed E-state index contributed by atoms with van der Waals surface area (Å²) in [7, 11) is 0. The van der Waals surface area contributed by atoms with Crippen molar-refractivity contribution in [2.24, 2.45) is 58.2 Å². The van der Waals surface area contributed by atoms with E-state index in [1.54, 1.807) is 0 Å². The molecule has 4 fully saturated rings. The normalized spacial score (nSPS) is 48.2. The Kier molecular flexibility index (Phi) is 6.02. The van der Waals surface area contributed by atoms with E-state index in [1.807, 2.05) is 0 Å². The maximum Gasteiger partial charge on any atom is 0.136 e. The lowest BCUT2D eigenvalue weighted by Crippen LogP contribution is -2.56. The summed E-state index contributed by atoms with van der Waals surface area (Å²) < 4.78 is 0. The van der Waals surface area contributed by atoms with Crippen molar-refractivity contribution in [3.8, 4) is 0 Å². The average molecular weight is 401 g/mol. The van der Waals surface area contributed by atoms with Crippen molar-refractivity contribution in [2.75, 3.05) is 0 Å². The number of carbonyl (C=O) groups excluding carboxylic acids is 1. The summed E-state index contributed by atoms with van der Waals surface area (Å²) >= 11 is 0. The minimum absolute atomic E-state index is 0.314. The molecule has 166 valence electrons. The Balaban J connectivity index is 1.50. The highest BCUT2D eigenvalue weighted by Gasteiger charge is 2.62. The molecule has 0 aromatic carbocycles. The van der Waals surface area contributed by atoms with Crippen LogP contribution in [0.5, 0.6) is 0 Å². The van der Waals surface area contributed by atoms with Crippen LogP contribution < -0.4 is 0 Å². The first-order valence-electron chi connectivity index (χ1n) is 13.2. The fraction of sp³-hybridized carbons (Fsp3) is 0.964. The molecule has 0 heterocycles. The van der Waals surface area contributed by atoms with Crippen molar-refractivity contribution in [3.05, 3.63) is 0 Å². The minimum Gasteiger partial charge on any atom is -0.299 e. The van der Waals surface area contributed by atoms with Gasteiger partial charge in [-0.25, -0.2) is 0 Å².